The van der Waals surface area contributed by atoms with Crippen LogP contribution in [-0.2, 0) is 0 Å². The van der Waals surface area contributed by atoms with Crippen molar-refractivity contribution in [3.8, 4) is 0 Å². The number of benzene rings is 1. The number of rotatable bonds is 5. The number of likely N-dealkylation sites (tertiary alicyclic amines) is 1. The Balaban J connectivity index is 1.89. The predicted octanol–water partition coefficient (Wildman–Crippen LogP) is 4.22. The molecule has 112 valence electrons. The van der Waals surface area contributed by atoms with Crippen LogP contribution in [-0.4, -0.2) is 31.1 Å². The molecule has 1 aliphatic heterocycles. The van der Waals surface area contributed by atoms with Crippen LogP contribution in [0.5, 0.6) is 0 Å². The highest BCUT2D eigenvalue weighted by Gasteiger charge is 2.23. The Morgan fingerprint density at radius 1 is 1.30 bits per heavy atom. The molecule has 0 bridgehead atoms. The molecule has 1 heterocycles. The highest BCUT2D eigenvalue weighted by molar-refractivity contribution is 9.10. The summed E-state index contributed by atoms with van der Waals surface area (Å²) >= 11 is 3.50. The fraction of sp³-hybridized carbons (Fsp3) is 0.647. The number of piperidine rings is 1. The van der Waals surface area contributed by atoms with Crippen molar-refractivity contribution in [3.05, 3.63) is 34.3 Å². The molecule has 2 nitrogen and oxygen atoms in total. The van der Waals surface area contributed by atoms with E-state index in [4.69, 9.17) is 0 Å². The molecule has 3 unspecified atom stereocenters. The largest absolute Gasteiger partial charge is 0.313 e. The van der Waals surface area contributed by atoms with Crippen LogP contribution in [0.3, 0.4) is 0 Å². The summed E-state index contributed by atoms with van der Waals surface area (Å²) < 4.78 is 1.15. The van der Waals surface area contributed by atoms with Gasteiger partial charge in [0, 0.05) is 23.1 Å². The van der Waals surface area contributed by atoms with E-state index in [2.05, 4.69) is 71.3 Å². The van der Waals surface area contributed by atoms with Crippen LogP contribution in [0.1, 0.15) is 44.7 Å². The van der Waals surface area contributed by atoms with Crippen molar-refractivity contribution in [2.24, 2.45) is 5.92 Å². The standard InChI is InChI=1S/C17H27BrN2/c1-13-8-10-20(14(2)12-13)11-9-17(19-3)15-4-6-16(18)7-5-15/h4-7,13-14,17,19H,8-12H2,1-3H3. The van der Waals surface area contributed by atoms with Crippen molar-refractivity contribution in [2.75, 3.05) is 20.1 Å². The summed E-state index contributed by atoms with van der Waals surface area (Å²) in [6.45, 7) is 7.21. The number of hydrogen-bond acceptors (Lipinski definition) is 2. The molecule has 0 amide bonds. The molecule has 0 aromatic heterocycles. The summed E-state index contributed by atoms with van der Waals surface area (Å²) in [7, 11) is 2.06. The molecule has 1 fully saturated rings. The first-order chi connectivity index (χ1) is 9.60. The van der Waals surface area contributed by atoms with Crippen LogP contribution < -0.4 is 5.32 Å². The van der Waals surface area contributed by atoms with Gasteiger partial charge in [-0.3, -0.25) is 0 Å². The van der Waals surface area contributed by atoms with Gasteiger partial charge in [0.2, 0.25) is 0 Å². The van der Waals surface area contributed by atoms with E-state index >= 15 is 0 Å². The average Bonchev–Trinajstić information content (AvgIpc) is 2.43. The number of halogens is 1. The maximum atomic E-state index is 3.50. The second-order valence-corrected chi connectivity index (χ2v) is 7.11. The fourth-order valence-electron chi connectivity index (χ4n) is 3.26. The molecule has 1 saturated heterocycles. The normalized spacial score (nSPS) is 25.6. The lowest BCUT2D eigenvalue weighted by Gasteiger charge is -2.37. The Morgan fingerprint density at radius 3 is 2.60 bits per heavy atom. The molecular formula is C17H27BrN2. The molecule has 20 heavy (non-hydrogen) atoms. The molecule has 2 rings (SSSR count). The molecule has 0 aliphatic carbocycles. The Labute approximate surface area is 132 Å². The van der Waals surface area contributed by atoms with Crippen LogP contribution in [0.4, 0.5) is 0 Å². The smallest absolute Gasteiger partial charge is 0.0329 e. The fourth-order valence-corrected chi connectivity index (χ4v) is 3.52. The predicted molar refractivity (Wildman–Crippen MR) is 90.0 cm³/mol. The molecule has 1 aromatic carbocycles. The number of nitrogens with zero attached hydrogens (tertiary/aromatic N) is 1. The minimum absolute atomic E-state index is 0.453. The van der Waals surface area contributed by atoms with Gasteiger partial charge in [0.1, 0.15) is 0 Å². The van der Waals surface area contributed by atoms with E-state index in [1.54, 1.807) is 0 Å². The van der Waals surface area contributed by atoms with Crippen LogP contribution in [0.25, 0.3) is 0 Å². The Morgan fingerprint density at radius 2 is 2.00 bits per heavy atom. The molecule has 0 saturated carbocycles. The number of hydrogen-bond donors (Lipinski definition) is 1. The second-order valence-electron chi connectivity index (χ2n) is 6.20. The molecular weight excluding hydrogens is 312 g/mol. The van der Waals surface area contributed by atoms with E-state index in [-0.39, 0.29) is 0 Å². The van der Waals surface area contributed by atoms with Gasteiger partial charge in [-0.15, -0.1) is 0 Å². The van der Waals surface area contributed by atoms with Gasteiger partial charge in [-0.05, 0) is 63.4 Å². The molecule has 0 radical (unpaired) electrons. The molecule has 1 aromatic rings. The second kappa shape index (κ2) is 7.58. The monoisotopic (exact) mass is 338 g/mol. The zero-order valence-electron chi connectivity index (χ0n) is 12.9. The summed E-state index contributed by atoms with van der Waals surface area (Å²) in [6, 6.07) is 9.88. The maximum absolute atomic E-state index is 3.50. The van der Waals surface area contributed by atoms with Crippen molar-refractivity contribution in [1.82, 2.24) is 10.2 Å². The average molecular weight is 339 g/mol. The quantitative estimate of drug-likeness (QED) is 0.864. The lowest BCUT2D eigenvalue weighted by atomic mass is 9.93. The minimum atomic E-state index is 0.453. The van der Waals surface area contributed by atoms with Crippen molar-refractivity contribution < 1.29 is 0 Å². The van der Waals surface area contributed by atoms with Gasteiger partial charge in [-0.1, -0.05) is 35.0 Å². The van der Waals surface area contributed by atoms with Crippen molar-refractivity contribution in [1.29, 1.82) is 0 Å². The first-order valence-corrected chi connectivity index (χ1v) is 8.56. The first-order valence-electron chi connectivity index (χ1n) is 7.77. The molecule has 1 N–H and O–H groups in total. The van der Waals surface area contributed by atoms with Crippen LogP contribution in [0.15, 0.2) is 28.7 Å². The van der Waals surface area contributed by atoms with E-state index in [0.717, 1.165) is 16.4 Å². The van der Waals surface area contributed by atoms with Crippen molar-refractivity contribution >= 4 is 15.9 Å². The first kappa shape index (κ1) is 16.0. The SMILES string of the molecule is CNC(CCN1CCC(C)CC1C)c1ccc(Br)cc1. The van der Waals surface area contributed by atoms with E-state index in [0.29, 0.717) is 6.04 Å². The zero-order valence-corrected chi connectivity index (χ0v) is 14.5. The van der Waals surface area contributed by atoms with Gasteiger partial charge in [-0.25, -0.2) is 0 Å². The Kier molecular flexibility index (Phi) is 6.06. The third-order valence-corrected chi connectivity index (χ3v) is 5.13. The van der Waals surface area contributed by atoms with Gasteiger partial charge in [0.05, 0.1) is 0 Å². The third-order valence-electron chi connectivity index (χ3n) is 4.60. The summed E-state index contributed by atoms with van der Waals surface area (Å²) in [6.07, 6.45) is 3.88. The zero-order chi connectivity index (χ0) is 14.5. The van der Waals surface area contributed by atoms with E-state index < -0.39 is 0 Å². The number of nitrogens with one attached hydrogen (secondary N) is 1. The van der Waals surface area contributed by atoms with Gasteiger partial charge < -0.3 is 10.2 Å². The molecule has 0 spiro atoms. The minimum Gasteiger partial charge on any atom is -0.313 e. The summed E-state index contributed by atoms with van der Waals surface area (Å²) in [4.78, 5) is 2.66. The van der Waals surface area contributed by atoms with Crippen LogP contribution in [0, 0.1) is 5.92 Å². The summed E-state index contributed by atoms with van der Waals surface area (Å²) in [5.41, 5.74) is 1.38. The molecule has 3 atom stereocenters. The summed E-state index contributed by atoms with van der Waals surface area (Å²) in [5, 5.41) is 3.46. The lowest BCUT2D eigenvalue weighted by molar-refractivity contribution is 0.124. The lowest BCUT2D eigenvalue weighted by Crippen LogP contribution is -2.41. The highest BCUT2D eigenvalue weighted by Crippen LogP contribution is 2.24. The van der Waals surface area contributed by atoms with Crippen molar-refractivity contribution in [2.45, 2.75) is 45.2 Å². The maximum Gasteiger partial charge on any atom is 0.0329 e. The molecule has 1 aliphatic rings. The van der Waals surface area contributed by atoms with Crippen LogP contribution >= 0.6 is 15.9 Å². The Bertz CT molecular complexity index is 404. The third kappa shape index (κ3) is 4.31. The highest BCUT2D eigenvalue weighted by atomic mass is 79.9. The Hall–Kier alpha value is -0.380. The van der Waals surface area contributed by atoms with E-state index in [1.165, 1.54) is 37.9 Å². The van der Waals surface area contributed by atoms with E-state index in [9.17, 15) is 0 Å². The van der Waals surface area contributed by atoms with E-state index in [1.807, 2.05) is 0 Å². The van der Waals surface area contributed by atoms with Crippen molar-refractivity contribution in [3.63, 3.8) is 0 Å². The van der Waals surface area contributed by atoms with Gasteiger partial charge in [-0.2, -0.15) is 0 Å². The summed E-state index contributed by atoms with van der Waals surface area (Å²) in [5.74, 6) is 0.896. The van der Waals surface area contributed by atoms with Gasteiger partial charge >= 0.3 is 0 Å². The van der Waals surface area contributed by atoms with Gasteiger partial charge in [0.25, 0.3) is 0 Å². The van der Waals surface area contributed by atoms with Gasteiger partial charge in [0.15, 0.2) is 0 Å². The van der Waals surface area contributed by atoms with Crippen LogP contribution in [0.2, 0.25) is 0 Å². The molecule has 3 heteroatoms. The topological polar surface area (TPSA) is 15.3 Å².